The molecule has 0 fully saturated rings. The summed E-state index contributed by atoms with van der Waals surface area (Å²) in [5, 5.41) is 2.93. The molecule has 18 heavy (non-hydrogen) atoms. The van der Waals surface area contributed by atoms with Crippen molar-refractivity contribution in [3.8, 4) is 0 Å². The minimum absolute atomic E-state index is 0.0719. The highest BCUT2D eigenvalue weighted by atomic mass is 32.2. The van der Waals surface area contributed by atoms with Crippen LogP contribution in [-0.2, 0) is 10.0 Å². The highest BCUT2D eigenvalue weighted by Gasteiger charge is 2.11. The zero-order valence-corrected chi connectivity index (χ0v) is 11.0. The Morgan fingerprint density at radius 2 is 1.94 bits per heavy atom. The Bertz CT molecular complexity index is 506. The van der Waals surface area contributed by atoms with Gasteiger partial charge in [0.1, 0.15) is 0 Å². The van der Waals surface area contributed by atoms with E-state index in [9.17, 15) is 17.2 Å². The molecule has 0 spiro atoms. The fraction of sp³-hybridized carbons (Fsp3) is 0.455. The van der Waals surface area contributed by atoms with Gasteiger partial charge in [0.25, 0.3) is 0 Å². The van der Waals surface area contributed by atoms with Gasteiger partial charge in [-0.05, 0) is 31.7 Å². The van der Waals surface area contributed by atoms with E-state index < -0.39 is 21.7 Å². The van der Waals surface area contributed by atoms with E-state index >= 15 is 0 Å². The van der Waals surface area contributed by atoms with Crippen LogP contribution in [0.4, 0.5) is 8.78 Å². The minimum atomic E-state index is -3.26. The molecule has 0 radical (unpaired) electrons. The normalized spacial score (nSPS) is 13.6. The van der Waals surface area contributed by atoms with Crippen LogP contribution in [0.25, 0.3) is 0 Å². The number of nitrogens with one attached hydrogen (secondary N) is 2. The lowest BCUT2D eigenvalue weighted by molar-refractivity contribution is 0.502. The van der Waals surface area contributed by atoms with E-state index in [-0.39, 0.29) is 18.3 Å². The van der Waals surface area contributed by atoms with Gasteiger partial charge < -0.3 is 5.32 Å². The first-order chi connectivity index (χ1) is 8.35. The molecular formula is C11H16F2N2O2S. The molecule has 0 aliphatic rings. The number of rotatable bonds is 6. The van der Waals surface area contributed by atoms with Crippen LogP contribution in [0, 0.1) is 11.6 Å². The van der Waals surface area contributed by atoms with Gasteiger partial charge >= 0.3 is 0 Å². The predicted molar refractivity (Wildman–Crippen MR) is 65.6 cm³/mol. The summed E-state index contributed by atoms with van der Waals surface area (Å²) in [4.78, 5) is 0. The maximum absolute atomic E-state index is 13.0. The summed E-state index contributed by atoms with van der Waals surface area (Å²) in [6.45, 7) is 1.97. The maximum atomic E-state index is 13.0. The Labute approximate surface area is 105 Å². The first-order valence-electron chi connectivity index (χ1n) is 5.45. The zero-order valence-electron chi connectivity index (χ0n) is 10.2. The Balaban J connectivity index is 2.55. The number of benzene rings is 1. The zero-order chi connectivity index (χ0) is 13.8. The fourth-order valence-electron chi connectivity index (χ4n) is 1.41. The lowest BCUT2D eigenvalue weighted by atomic mass is 10.1. The molecule has 0 aromatic heterocycles. The average molecular weight is 278 g/mol. The number of sulfonamides is 1. The summed E-state index contributed by atoms with van der Waals surface area (Å²) in [5.74, 6) is -1.88. The molecule has 1 atom stereocenters. The summed E-state index contributed by atoms with van der Waals surface area (Å²) >= 11 is 0. The van der Waals surface area contributed by atoms with Crippen LogP contribution in [0.15, 0.2) is 18.2 Å². The van der Waals surface area contributed by atoms with Gasteiger partial charge in [-0.3, -0.25) is 0 Å². The molecule has 1 aromatic rings. The van der Waals surface area contributed by atoms with Gasteiger partial charge in [-0.25, -0.2) is 21.9 Å². The fourth-order valence-corrected chi connectivity index (χ4v) is 2.00. The van der Waals surface area contributed by atoms with Crippen molar-refractivity contribution in [1.29, 1.82) is 0 Å². The van der Waals surface area contributed by atoms with Crippen LogP contribution >= 0.6 is 0 Å². The second-order valence-corrected chi connectivity index (χ2v) is 5.92. The van der Waals surface area contributed by atoms with Gasteiger partial charge in [0.2, 0.25) is 10.0 Å². The highest BCUT2D eigenvalue weighted by Crippen LogP contribution is 2.15. The summed E-state index contributed by atoms with van der Waals surface area (Å²) in [6, 6.07) is 3.35. The van der Waals surface area contributed by atoms with Crippen molar-refractivity contribution < 1.29 is 17.2 Å². The van der Waals surface area contributed by atoms with E-state index in [0.29, 0.717) is 5.56 Å². The summed E-state index contributed by atoms with van der Waals surface area (Å²) in [6.07, 6.45) is 0. The molecule has 2 N–H and O–H groups in total. The molecule has 0 amide bonds. The quantitative estimate of drug-likeness (QED) is 0.821. The Morgan fingerprint density at radius 3 is 2.50 bits per heavy atom. The smallest absolute Gasteiger partial charge is 0.212 e. The van der Waals surface area contributed by atoms with Gasteiger partial charge in [0.05, 0.1) is 5.75 Å². The van der Waals surface area contributed by atoms with Crippen molar-refractivity contribution in [2.24, 2.45) is 0 Å². The summed E-state index contributed by atoms with van der Waals surface area (Å²) in [7, 11) is -1.92. The number of halogens is 2. The third-order valence-corrected chi connectivity index (χ3v) is 3.94. The third-order valence-electron chi connectivity index (χ3n) is 2.58. The van der Waals surface area contributed by atoms with Gasteiger partial charge in [-0.15, -0.1) is 0 Å². The molecule has 1 unspecified atom stereocenters. The van der Waals surface area contributed by atoms with Crippen LogP contribution in [0.1, 0.15) is 18.5 Å². The Hall–Kier alpha value is -1.05. The van der Waals surface area contributed by atoms with Crippen molar-refractivity contribution >= 4 is 10.0 Å². The highest BCUT2D eigenvalue weighted by molar-refractivity contribution is 7.89. The van der Waals surface area contributed by atoms with Crippen molar-refractivity contribution in [3.63, 3.8) is 0 Å². The van der Waals surface area contributed by atoms with E-state index in [0.717, 1.165) is 12.1 Å². The molecule has 7 heteroatoms. The Kier molecular flexibility index (Phi) is 5.18. The molecule has 0 saturated heterocycles. The van der Waals surface area contributed by atoms with Crippen molar-refractivity contribution in [2.75, 3.05) is 19.3 Å². The maximum Gasteiger partial charge on any atom is 0.212 e. The summed E-state index contributed by atoms with van der Waals surface area (Å²) < 4.78 is 50.2. The van der Waals surface area contributed by atoms with Gasteiger partial charge in [-0.1, -0.05) is 6.07 Å². The van der Waals surface area contributed by atoms with E-state index in [1.54, 1.807) is 6.92 Å². The monoisotopic (exact) mass is 278 g/mol. The molecule has 0 aliphatic carbocycles. The van der Waals surface area contributed by atoms with E-state index in [2.05, 4.69) is 10.0 Å². The van der Waals surface area contributed by atoms with Crippen molar-refractivity contribution in [2.45, 2.75) is 13.0 Å². The second-order valence-electron chi connectivity index (χ2n) is 3.87. The average Bonchev–Trinajstić information content (AvgIpc) is 2.32. The molecule has 1 aromatic carbocycles. The predicted octanol–water partition coefficient (Wildman–Crippen LogP) is 1.16. The summed E-state index contributed by atoms with van der Waals surface area (Å²) in [5.41, 5.74) is 0.566. The van der Waals surface area contributed by atoms with Crippen molar-refractivity contribution in [1.82, 2.24) is 10.0 Å². The van der Waals surface area contributed by atoms with Crippen LogP contribution in [0.2, 0.25) is 0 Å². The molecule has 0 heterocycles. The van der Waals surface area contributed by atoms with Crippen molar-refractivity contribution in [3.05, 3.63) is 35.4 Å². The largest absolute Gasteiger partial charge is 0.309 e. The molecule has 0 saturated carbocycles. The van der Waals surface area contributed by atoms with Crippen LogP contribution < -0.4 is 10.0 Å². The first kappa shape index (κ1) is 15.0. The Morgan fingerprint density at radius 1 is 1.28 bits per heavy atom. The lowest BCUT2D eigenvalue weighted by Crippen LogP contribution is -2.30. The lowest BCUT2D eigenvalue weighted by Gasteiger charge is -2.14. The van der Waals surface area contributed by atoms with Gasteiger partial charge in [0.15, 0.2) is 11.6 Å². The van der Waals surface area contributed by atoms with E-state index in [1.807, 2.05) is 0 Å². The number of hydrogen-bond acceptors (Lipinski definition) is 3. The first-order valence-corrected chi connectivity index (χ1v) is 7.10. The molecule has 1 rings (SSSR count). The molecule has 4 nitrogen and oxygen atoms in total. The van der Waals surface area contributed by atoms with Crippen LogP contribution in [0.3, 0.4) is 0 Å². The molecule has 0 bridgehead atoms. The SMILES string of the molecule is CNS(=O)(=O)CCNC(C)c1ccc(F)c(F)c1. The van der Waals surface area contributed by atoms with Gasteiger partial charge in [0, 0.05) is 12.6 Å². The second kappa shape index (κ2) is 6.21. The standard InChI is InChI=1S/C11H16F2N2O2S/c1-8(15-5-6-18(16,17)14-2)9-3-4-10(12)11(13)7-9/h3-4,7-8,14-15H,5-6H2,1-2H3. The van der Waals surface area contributed by atoms with Crippen LogP contribution in [0.5, 0.6) is 0 Å². The molecule has 102 valence electrons. The topological polar surface area (TPSA) is 58.2 Å². The molecule has 0 aliphatic heterocycles. The minimum Gasteiger partial charge on any atom is -0.309 e. The van der Waals surface area contributed by atoms with E-state index in [4.69, 9.17) is 0 Å². The van der Waals surface area contributed by atoms with Gasteiger partial charge in [-0.2, -0.15) is 0 Å². The third kappa shape index (κ3) is 4.32. The molecular weight excluding hydrogens is 262 g/mol. The number of hydrogen-bond donors (Lipinski definition) is 2. The van der Waals surface area contributed by atoms with Crippen LogP contribution in [-0.4, -0.2) is 27.8 Å². The van der Waals surface area contributed by atoms with E-state index in [1.165, 1.54) is 13.1 Å².